The standard InChI is InChI=1S/C14H10FNO/c1-9-6-10(8-16)2-4-12(9)11-3-5-14(17)13(15)7-11/h2-7,17H,1H3. The summed E-state index contributed by atoms with van der Waals surface area (Å²) in [5.41, 5.74) is 3.00. The molecule has 0 heterocycles. The monoisotopic (exact) mass is 227 g/mol. The van der Waals surface area contributed by atoms with E-state index in [2.05, 4.69) is 6.07 Å². The fourth-order valence-electron chi connectivity index (χ4n) is 1.73. The second-order valence-corrected chi connectivity index (χ2v) is 3.81. The molecule has 0 unspecified atom stereocenters. The van der Waals surface area contributed by atoms with Crippen molar-refractivity contribution >= 4 is 0 Å². The summed E-state index contributed by atoms with van der Waals surface area (Å²) in [5.74, 6) is -1.01. The van der Waals surface area contributed by atoms with Gasteiger partial charge in [0.2, 0.25) is 0 Å². The Kier molecular flexibility index (Phi) is 2.80. The lowest BCUT2D eigenvalue weighted by Crippen LogP contribution is -1.86. The molecule has 2 aromatic rings. The molecule has 2 aromatic carbocycles. The van der Waals surface area contributed by atoms with Gasteiger partial charge in [-0.2, -0.15) is 5.26 Å². The van der Waals surface area contributed by atoms with Crippen molar-refractivity contribution in [1.82, 2.24) is 0 Å². The van der Waals surface area contributed by atoms with E-state index in [9.17, 15) is 4.39 Å². The summed E-state index contributed by atoms with van der Waals surface area (Å²) < 4.78 is 13.2. The Hall–Kier alpha value is -2.34. The van der Waals surface area contributed by atoms with Crippen LogP contribution in [0.5, 0.6) is 5.75 Å². The number of hydrogen-bond donors (Lipinski definition) is 1. The maximum absolute atomic E-state index is 13.2. The molecule has 2 nitrogen and oxygen atoms in total. The van der Waals surface area contributed by atoms with Crippen LogP contribution in [0.1, 0.15) is 11.1 Å². The van der Waals surface area contributed by atoms with Crippen molar-refractivity contribution in [2.75, 3.05) is 0 Å². The molecular weight excluding hydrogens is 217 g/mol. The Bertz CT molecular complexity index is 614. The Labute approximate surface area is 98.6 Å². The fraction of sp³-hybridized carbons (Fsp3) is 0.0714. The van der Waals surface area contributed by atoms with Crippen LogP contribution in [0.4, 0.5) is 4.39 Å². The molecule has 0 saturated carbocycles. The van der Waals surface area contributed by atoms with Gasteiger partial charge in [0.1, 0.15) is 0 Å². The van der Waals surface area contributed by atoms with E-state index in [-0.39, 0.29) is 5.75 Å². The van der Waals surface area contributed by atoms with Crippen LogP contribution in [-0.2, 0) is 0 Å². The number of aryl methyl sites for hydroxylation is 1. The second kappa shape index (κ2) is 4.26. The zero-order valence-electron chi connectivity index (χ0n) is 9.24. The van der Waals surface area contributed by atoms with Crippen LogP contribution in [0, 0.1) is 24.1 Å². The number of phenols is 1. The van der Waals surface area contributed by atoms with E-state index in [4.69, 9.17) is 10.4 Å². The van der Waals surface area contributed by atoms with Crippen LogP contribution >= 0.6 is 0 Å². The molecule has 0 atom stereocenters. The van der Waals surface area contributed by atoms with E-state index >= 15 is 0 Å². The van der Waals surface area contributed by atoms with Crippen LogP contribution in [0.25, 0.3) is 11.1 Å². The topological polar surface area (TPSA) is 44.0 Å². The zero-order chi connectivity index (χ0) is 12.4. The van der Waals surface area contributed by atoms with Crippen LogP contribution in [0.15, 0.2) is 36.4 Å². The summed E-state index contributed by atoms with van der Waals surface area (Å²) >= 11 is 0. The number of halogens is 1. The summed E-state index contributed by atoms with van der Waals surface area (Å²) in [6.45, 7) is 1.86. The predicted molar refractivity (Wildman–Crippen MR) is 63.0 cm³/mol. The highest BCUT2D eigenvalue weighted by molar-refractivity contribution is 5.68. The molecule has 0 spiro atoms. The van der Waals surface area contributed by atoms with Gasteiger partial charge < -0.3 is 5.11 Å². The first-order chi connectivity index (χ1) is 8.11. The molecule has 84 valence electrons. The number of hydrogen-bond acceptors (Lipinski definition) is 2. The van der Waals surface area contributed by atoms with Crippen molar-refractivity contribution in [1.29, 1.82) is 5.26 Å². The Morgan fingerprint density at radius 1 is 1.18 bits per heavy atom. The summed E-state index contributed by atoms with van der Waals surface area (Å²) in [6.07, 6.45) is 0. The van der Waals surface area contributed by atoms with Crippen molar-refractivity contribution in [3.63, 3.8) is 0 Å². The number of nitriles is 1. The van der Waals surface area contributed by atoms with E-state index in [1.54, 1.807) is 24.3 Å². The maximum atomic E-state index is 13.2. The number of phenolic OH excluding ortho intramolecular Hbond substituents is 1. The fourth-order valence-corrected chi connectivity index (χ4v) is 1.73. The van der Waals surface area contributed by atoms with Gasteiger partial charge in [-0.25, -0.2) is 4.39 Å². The molecule has 0 aliphatic heterocycles. The van der Waals surface area contributed by atoms with E-state index in [1.165, 1.54) is 12.1 Å². The molecule has 0 fully saturated rings. The Morgan fingerprint density at radius 2 is 1.94 bits per heavy atom. The first kappa shape index (κ1) is 11.2. The van der Waals surface area contributed by atoms with E-state index in [0.29, 0.717) is 11.1 Å². The minimum Gasteiger partial charge on any atom is -0.505 e. The minimum atomic E-state index is -0.647. The molecule has 1 N–H and O–H groups in total. The third-order valence-electron chi connectivity index (χ3n) is 2.61. The Balaban J connectivity index is 2.54. The summed E-state index contributed by atoms with van der Waals surface area (Å²) in [5, 5.41) is 17.9. The van der Waals surface area contributed by atoms with Crippen LogP contribution in [-0.4, -0.2) is 5.11 Å². The van der Waals surface area contributed by atoms with Crippen molar-refractivity contribution in [3.05, 3.63) is 53.3 Å². The largest absolute Gasteiger partial charge is 0.505 e. The van der Waals surface area contributed by atoms with Crippen LogP contribution in [0.2, 0.25) is 0 Å². The molecule has 17 heavy (non-hydrogen) atoms. The van der Waals surface area contributed by atoms with Gasteiger partial charge in [0.05, 0.1) is 11.6 Å². The van der Waals surface area contributed by atoms with Gasteiger partial charge in [-0.05, 0) is 47.9 Å². The zero-order valence-corrected chi connectivity index (χ0v) is 9.24. The molecule has 0 aliphatic carbocycles. The third-order valence-corrected chi connectivity index (χ3v) is 2.61. The highest BCUT2D eigenvalue weighted by atomic mass is 19.1. The quantitative estimate of drug-likeness (QED) is 0.811. The predicted octanol–water partition coefficient (Wildman–Crippen LogP) is 3.38. The van der Waals surface area contributed by atoms with E-state index in [0.717, 1.165) is 11.1 Å². The molecule has 0 aliphatic rings. The molecule has 0 amide bonds. The number of rotatable bonds is 1. The highest BCUT2D eigenvalue weighted by Gasteiger charge is 2.06. The molecule has 0 aromatic heterocycles. The average Bonchev–Trinajstić information content (AvgIpc) is 2.32. The lowest BCUT2D eigenvalue weighted by Gasteiger charge is -2.07. The van der Waals surface area contributed by atoms with Crippen molar-refractivity contribution in [3.8, 4) is 22.9 Å². The summed E-state index contributed by atoms with van der Waals surface area (Å²) in [7, 11) is 0. The summed E-state index contributed by atoms with van der Waals surface area (Å²) in [4.78, 5) is 0. The molecule has 0 saturated heterocycles. The van der Waals surface area contributed by atoms with Gasteiger partial charge in [0.15, 0.2) is 11.6 Å². The number of aromatic hydroxyl groups is 1. The molecular formula is C14H10FNO. The van der Waals surface area contributed by atoms with Crippen molar-refractivity contribution < 1.29 is 9.50 Å². The second-order valence-electron chi connectivity index (χ2n) is 3.81. The number of nitrogens with zero attached hydrogens (tertiary/aromatic N) is 1. The van der Waals surface area contributed by atoms with Gasteiger partial charge in [-0.15, -0.1) is 0 Å². The van der Waals surface area contributed by atoms with E-state index in [1.807, 2.05) is 6.92 Å². The average molecular weight is 227 g/mol. The SMILES string of the molecule is Cc1cc(C#N)ccc1-c1ccc(O)c(F)c1. The normalized spacial score (nSPS) is 9.94. The Morgan fingerprint density at radius 3 is 2.53 bits per heavy atom. The van der Waals surface area contributed by atoms with Gasteiger partial charge >= 0.3 is 0 Å². The lowest BCUT2D eigenvalue weighted by molar-refractivity contribution is 0.432. The van der Waals surface area contributed by atoms with Gasteiger partial charge in [-0.3, -0.25) is 0 Å². The van der Waals surface area contributed by atoms with E-state index < -0.39 is 5.82 Å². The maximum Gasteiger partial charge on any atom is 0.165 e. The first-order valence-corrected chi connectivity index (χ1v) is 5.11. The summed E-state index contributed by atoms with van der Waals surface area (Å²) in [6, 6.07) is 11.5. The molecule has 0 bridgehead atoms. The smallest absolute Gasteiger partial charge is 0.165 e. The van der Waals surface area contributed by atoms with Crippen molar-refractivity contribution in [2.24, 2.45) is 0 Å². The first-order valence-electron chi connectivity index (χ1n) is 5.11. The third kappa shape index (κ3) is 2.11. The van der Waals surface area contributed by atoms with Crippen LogP contribution in [0.3, 0.4) is 0 Å². The van der Waals surface area contributed by atoms with Crippen molar-refractivity contribution in [2.45, 2.75) is 6.92 Å². The van der Waals surface area contributed by atoms with Gasteiger partial charge in [0, 0.05) is 0 Å². The van der Waals surface area contributed by atoms with Gasteiger partial charge in [-0.1, -0.05) is 12.1 Å². The molecule has 0 radical (unpaired) electrons. The highest BCUT2D eigenvalue weighted by Crippen LogP contribution is 2.27. The molecule has 3 heteroatoms. The van der Waals surface area contributed by atoms with Crippen LogP contribution < -0.4 is 0 Å². The van der Waals surface area contributed by atoms with Gasteiger partial charge in [0.25, 0.3) is 0 Å². The molecule has 2 rings (SSSR count). The minimum absolute atomic E-state index is 0.361. The number of benzene rings is 2. The lowest BCUT2D eigenvalue weighted by atomic mass is 9.98.